The molecule has 3 rings (SSSR count). The Bertz CT molecular complexity index is 832. The van der Waals surface area contributed by atoms with Gasteiger partial charge in [0.1, 0.15) is 23.1 Å². The fourth-order valence-corrected chi connectivity index (χ4v) is 2.48. The summed E-state index contributed by atoms with van der Waals surface area (Å²) >= 11 is 0. The quantitative estimate of drug-likeness (QED) is 0.748. The standard InChI is InChI=1S/C19H20N4O2/c1-14-21-17(11-18(22-14)20-12-16-9-6-10-25-16)19(24)23(2)13-15-7-4-3-5-8-15/h3-11H,12-13H2,1-2H3,(H,20,21,22). The van der Waals surface area contributed by atoms with Crippen LogP contribution in [0.4, 0.5) is 5.82 Å². The molecule has 1 aromatic carbocycles. The molecule has 25 heavy (non-hydrogen) atoms. The van der Waals surface area contributed by atoms with Gasteiger partial charge in [0.2, 0.25) is 0 Å². The molecule has 0 aliphatic carbocycles. The van der Waals surface area contributed by atoms with E-state index >= 15 is 0 Å². The summed E-state index contributed by atoms with van der Waals surface area (Å²) in [5.74, 6) is 1.79. The molecule has 0 atom stereocenters. The van der Waals surface area contributed by atoms with Gasteiger partial charge in [-0.25, -0.2) is 9.97 Å². The van der Waals surface area contributed by atoms with Crippen molar-refractivity contribution in [3.63, 3.8) is 0 Å². The van der Waals surface area contributed by atoms with E-state index in [4.69, 9.17) is 4.42 Å². The summed E-state index contributed by atoms with van der Waals surface area (Å²) in [6.45, 7) is 2.79. The Morgan fingerprint density at radius 3 is 2.68 bits per heavy atom. The molecule has 0 fully saturated rings. The van der Waals surface area contributed by atoms with Crippen molar-refractivity contribution in [2.75, 3.05) is 12.4 Å². The van der Waals surface area contributed by atoms with E-state index in [2.05, 4.69) is 15.3 Å². The van der Waals surface area contributed by atoms with E-state index in [1.165, 1.54) is 0 Å². The van der Waals surface area contributed by atoms with E-state index < -0.39 is 0 Å². The number of amides is 1. The zero-order valence-corrected chi connectivity index (χ0v) is 14.3. The Hall–Kier alpha value is -3.15. The molecular formula is C19H20N4O2. The second-order valence-electron chi connectivity index (χ2n) is 5.77. The largest absolute Gasteiger partial charge is 0.467 e. The number of aryl methyl sites for hydroxylation is 1. The van der Waals surface area contributed by atoms with E-state index in [0.717, 1.165) is 11.3 Å². The lowest BCUT2D eigenvalue weighted by molar-refractivity contribution is 0.0779. The molecule has 0 unspecified atom stereocenters. The van der Waals surface area contributed by atoms with Crippen molar-refractivity contribution in [2.45, 2.75) is 20.0 Å². The number of nitrogens with zero attached hydrogens (tertiary/aromatic N) is 3. The third-order valence-corrected chi connectivity index (χ3v) is 3.69. The first kappa shape index (κ1) is 16.7. The number of carbonyl (C=O) groups is 1. The zero-order chi connectivity index (χ0) is 17.6. The average Bonchev–Trinajstić information content (AvgIpc) is 3.13. The summed E-state index contributed by atoms with van der Waals surface area (Å²) in [6.07, 6.45) is 1.62. The summed E-state index contributed by atoms with van der Waals surface area (Å²) in [6, 6.07) is 15.2. The van der Waals surface area contributed by atoms with Gasteiger partial charge in [0, 0.05) is 19.7 Å². The van der Waals surface area contributed by atoms with Crippen molar-refractivity contribution < 1.29 is 9.21 Å². The van der Waals surface area contributed by atoms with Crippen LogP contribution in [0.25, 0.3) is 0 Å². The van der Waals surface area contributed by atoms with Gasteiger partial charge in [-0.15, -0.1) is 0 Å². The van der Waals surface area contributed by atoms with Gasteiger partial charge in [-0.3, -0.25) is 4.79 Å². The van der Waals surface area contributed by atoms with Crippen molar-refractivity contribution in [3.05, 3.63) is 77.6 Å². The molecule has 0 saturated heterocycles. The van der Waals surface area contributed by atoms with E-state index in [-0.39, 0.29) is 5.91 Å². The second kappa shape index (κ2) is 7.61. The first-order valence-corrected chi connectivity index (χ1v) is 8.03. The maximum atomic E-state index is 12.7. The zero-order valence-electron chi connectivity index (χ0n) is 14.3. The van der Waals surface area contributed by atoms with Crippen LogP contribution in [0, 0.1) is 6.92 Å². The fraction of sp³-hybridized carbons (Fsp3) is 0.211. The third-order valence-electron chi connectivity index (χ3n) is 3.69. The van der Waals surface area contributed by atoms with E-state index in [1.54, 1.807) is 31.2 Å². The summed E-state index contributed by atoms with van der Waals surface area (Å²) in [5, 5.41) is 3.16. The lowest BCUT2D eigenvalue weighted by atomic mass is 10.2. The Balaban J connectivity index is 1.71. The van der Waals surface area contributed by atoms with Gasteiger partial charge in [0.15, 0.2) is 0 Å². The predicted octanol–water partition coefficient (Wildman–Crippen LogP) is 3.26. The van der Waals surface area contributed by atoms with Crippen LogP contribution in [-0.2, 0) is 13.1 Å². The molecule has 6 heteroatoms. The van der Waals surface area contributed by atoms with Crippen LogP contribution < -0.4 is 5.32 Å². The average molecular weight is 336 g/mol. The van der Waals surface area contributed by atoms with Crippen LogP contribution >= 0.6 is 0 Å². The number of hydrogen-bond donors (Lipinski definition) is 1. The van der Waals surface area contributed by atoms with Crippen LogP contribution in [0.1, 0.15) is 27.6 Å². The van der Waals surface area contributed by atoms with Gasteiger partial charge in [-0.05, 0) is 24.6 Å². The highest BCUT2D eigenvalue weighted by molar-refractivity contribution is 5.92. The number of hydrogen-bond acceptors (Lipinski definition) is 5. The van der Waals surface area contributed by atoms with Crippen LogP contribution in [0.2, 0.25) is 0 Å². The van der Waals surface area contributed by atoms with Crippen molar-refractivity contribution in [1.82, 2.24) is 14.9 Å². The lowest BCUT2D eigenvalue weighted by Crippen LogP contribution is -2.27. The van der Waals surface area contributed by atoms with Gasteiger partial charge in [0.25, 0.3) is 5.91 Å². The first-order chi connectivity index (χ1) is 12.1. The SMILES string of the molecule is Cc1nc(NCc2ccco2)cc(C(=O)N(C)Cc2ccccc2)n1. The molecule has 2 heterocycles. The molecule has 0 aliphatic rings. The molecule has 0 bridgehead atoms. The van der Waals surface area contributed by atoms with E-state index in [0.29, 0.717) is 30.4 Å². The number of rotatable bonds is 6. The maximum Gasteiger partial charge on any atom is 0.272 e. The predicted molar refractivity (Wildman–Crippen MR) is 95.0 cm³/mol. The molecule has 0 radical (unpaired) electrons. The normalized spacial score (nSPS) is 10.5. The molecule has 2 aromatic heterocycles. The highest BCUT2D eigenvalue weighted by atomic mass is 16.3. The van der Waals surface area contributed by atoms with Crippen molar-refractivity contribution in [2.24, 2.45) is 0 Å². The molecule has 3 aromatic rings. The van der Waals surface area contributed by atoms with Gasteiger partial charge in [-0.2, -0.15) is 0 Å². The van der Waals surface area contributed by atoms with Crippen molar-refractivity contribution in [1.29, 1.82) is 0 Å². The molecule has 0 aliphatic heterocycles. The molecule has 1 N–H and O–H groups in total. The van der Waals surface area contributed by atoms with Gasteiger partial charge < -0.3 is 14.6 Å². The minimum absolute atomic E-state index is 0.143. The molecule has 1 amide bonds. The second-order valence-corrected chi connectivity index (χ2v) is 5.77. The Morgan fingerprint density at radius 2 is 1.96 bits per heavy atom. The number of aromatic nitrogens is 2. The molecule has 0 saturated carbocycles. The van der Waals surface area contributed by atoms with Crippen LogP contribution in [0.5, 0.6) is 0 Å². The summed E-state index contributed by atoms with van der Waals surface area (Å²) in [7, 11) is 1.77. The number of benzene rings is 1. The number of carbonyl (C=O) groups excluding carboxylic acids is 1. The minimum Gasteiger partial charge on any atom is -0.467 e. The van der Waals surface area contributed by atoms with Gasteiger partial charge in [0.05, 0.1) is 12.8 Å². The molecular weight excluding hydrogens is 316 g/mol. The van der Waals surface area contributed by atoms with E-state index in [9.17, 15) is 4.79 Å². The smallest absolute Gasteiger partial charge is 0.272 e. The first-order valence-electron chi connectivity index (χ1n) is 8.03. The molecule has 0 spiro atoms. The molecule has 6 nitrogen and oxygen atoms in total. The van der Waals surface area contributed by atoms with Crippen molar-refractivity contribution >= 4 is 11.7 Å². The summed E-state index contributed by atoms with van der Waals surface area (Å²) in [5.41, 5.74) is 1.44. The minimum atomic E-state index is -0.143. The van der Waals surface area contributed by atoms with Crippen molar-refractivity contribution in [3.8, 4) is 0 Å². The molecule has 128 valence electrons. The fourth-order valence-electron chi connectivity index (χ4n) is 2.48. The monoisotopic (exact) mass is 336 g/mol. The highest BCUT2D eigenvalue weighted by Gasteiger charge is 2.15. The van der Waals surface area contributed by atoms with Crippen LogP contribution in [-0.4, -0.2) is 27.8 Å². The third kappa shape index (κ3) is 4.44. The Morgan fingerprint density at radius 1 is 1.16 bits per heavy atom. The Labute approximate surface area is 146 Å². The van der Waals surface area contributed by atoms with E-state index in [1.807, 2.05) is 42.5 Å². The topological polar surface area (TPSA) is 71.3 Å². The number of anilines is 1. The highest BCUT2D eigenvalue weighted by Crippen LogP contribution is 2.12. The summed E-state index contributed by atoms with van der Waals surface area (Å²) in [4.78, 5) is 22.9. The van der Waals surface area contributed by atoms with Crippen LogP contribution in [0.15, 0.2) is 59.2 Å². The number of furan rings is 1. The number of nitrogens with one attached hydrogen (secondary N) is 1. The summed E-state index contributed by atoms with van der Waals surface area (Å²) < 4.78 is 5.29. The lowest BCUT2D eigenvalue weighted by Gasteiger charge is -2.17. The Kier molecular flexibility index (Phi) is 5.09. The van der Waals surface area contributed by atoms with Gasteiger partial charge in [-0.1, -0.05) is 30.3 Å². The van der Waals surface area contributed by atoms with Gasteiger partial charge >= 0.3 is 0 Å². The van der Waals surface area contributed by atoms with Crippen LogP contribution in [0.3, 0.4) is 0 Å². The maximum absolute atomic E-state index is 12.7.